The summed E-state index contributed by atoms with van der Waals surface area (Å²) in [6.45, 7) is 5.43. The average molecular weight is 242 g/mol. The molecule has 0 aliphatic heterocycles. The molecule has 1 unspecified atom stereocenters. The third kappa shape index (κ3) is 5.02. The van der Waals surface area contributed by atoms with E-state index >= 15 is 0 Å². The van der Waals surface area contributed by atoms with Crippen LogP contribution in [0.4, 0.5) is 0 Å². The fourth-order valence-electron chi connectivity index (χ4n) is 1.75. The lowest BCUT2D eigenvalue weighted by Gasteiger charge is -2.31. The van der Waals surface area contributed by atoms with Crippen LogP contribution in [0.5, 0.6) is 0 Å². The molecule has 17 heavy (non-hydrogen) atoms. The first-order valence-electron chi connectivity index (χ1n) is 5.32. The molecule has 0 fully saturated rings. The molecule has 0 aromatic rings. The van der Waals surface area contributed by atoms with Crippen molar-refractivity contribution >= 4 is 12.2 Å². The molecule has 0 spiro atoms. The molecule has 0 bridgehead atoms. The first kappa shape index (κ1) is 15.7. The minimum atomic E-state index is -2.11. The molecule has 0 aromatic carbocycles. The maximum absolute atomic E-state index is 10.2. The van der Waals surface area contributed by atoms with Crippen LogP contribution in [0, 0.1) is 11.3 Å². The van der Waals surface area contributed by atoms with Crippen molar-refractivity contribution in [2.45, 2.75) is 39.5 Å². The Hall–Kier alpha value is -1.32. The van der Waals surface area contributed by atoms with Crippen molar-refractivity contribution in [3.63, 3.8) is 0 Å². The maximum atomic E-state index is 10.2. The second-order valence-corrected chi connectivity index (χ2v) is 4.84. The van der Waals surface area contributed by atoms with E-state index in [1.807, 2.05) is 13.8 Å². The van der Waals surface area contributed by atoms with E-state index in [1.54, 1.807) is 6.92 Å². The topological polar surface area (TPSA) is 99.3 Å². The van der Waals surface area contributed by atoms with Crippen LogP contribution >= 0.6 is 0 Å². The largest absolute Gasteiger partial charge is 0.396 e. The summed E-state index contributed by atoms with van der Waals surface area (Å²) in [5.74, 6) is -2.68. The summed E-state index contributed by atoms with van der Waals surface area (Å²) in [6, 6.07) is 0. The van der Waals surface area contributed by atoms with Crippen molar-refractivity contribution in [2.75, 3.05) is 6.61 Å². The first-order valence-corrected chi connectivity index (χ1v) is 5.32. The lowest BCUT2D eigenvalue weighted by Crippen LogP contribution is -2.35. The van der Waals surface area contributed by atoms with Gasteiger partial charge in [0.15, 0.2) is 0 Å². The fourth-order valence-corrected chi connectivity index (χ4v) is 1.75. The molecule has 0 rings (SSSR count). The van der Waals surface area contributed by atoms with Crippen LogP contribution in [0.3, 0.4) is 0 Å². The smallest absolute Gasteiger partial charge is 0.278 e. The Bertz CT molecular complexity index is 323. The lowest BCUT2D eigenvalue weighted by atomic mass is 9.79. The number of carbonyl (C=O) groups excluding carboxylic acids is 2. The monoisotopic (exact) mass is 242 g/mol. The highest BCUT2D eigenvalue weighted by atomic mass is 16.3. The van der Waals surface area contributed by atoms with Crippen molar-refractivity contribution in [1.29, 1.82) is 0 Å². The molecule has 0 radical (unpaired) electrons. The number of hydrogen-bond acceptors (Lipinski definition) is 6. The van der Waals surface area contributed by atoms with Gasteiger partial charge in [0.05, 0.1) is 0 Å². The van der Waals surface area contributed by atoms with Crippen molar-refractivity contribution < 1.29 is 19.8 Å². The number of aliphatic imine (C=N–C) groups is 2. The van der Waals surface area contributed by atoms with Gasteiger partial charge in [0.1, 0.15) is 0 Å². The van der Waals surface area contributed by atoms with Gasteiger partial charge in [-0.15, -0.1) is 9.98 Å². The molecule has 6 nitrogen and oxygen atoms in total. The number of aliphatic hydroxyl groups is 2. The second-order valence-electron chi connectivity index (χ2n) is 4.84. The number of hydrogen-bond donors (Lipinski definition) is 2. The minimum absolute atomic E-state index is 0.0199. The lowest BCUT2D eigenvalue weighted by molar-refractivity contribution is -0.0143. The van der Waals surface area contributed by atoms with Gasteiger partial charge in [-0.25, -0.2) is 9.59 Å². The molecule has 0 aromatic heterocycles. The van der Waals surface area contributed by atoms with Crippen LogP contribution < -0.4 is 0 Å². The van der Waals surface area contributed by atoms with E-state index in [4.69, 9.17) is 5.11 Å². The van der Waals surface area contributed by atoms with Gasteiger partial charge in [-0.3, -0.25) is 0 Å². The van der Waals surface area contributed by atoms with Gasteiger partial charge in [-0.05, 0) is 18.3 Å². The molecule has 0 amide bonds. The summed E-state index contributed by atoms with van der Waals surface area (Å²) in [6.07, 6.45) is 3.35. The Morgan fingerprint density at radius 2 is 1.71 bits per heavy atom. The van der Waals surface area contributed by atoms with Crippen LogP contribution in [-0.4, -0.2) is 34.8 Å². The zero-order chi connectivity index (χ0) is 13.5. The number of aliphatic hydroxyl groups excluding tert-OH is 1. The van der Waals surface area contributed by atoms with Crippen LogP contribution in [0.1, 0.15) is 33.6 Å². The van der Waals surface area contributed by atoms with E-state index < -0.39 is 11.8 Å². The Morgan fingerprint density at radius 1 is 1.24 bits per heavy atom. The number of isocyanates is 2. The summed E-state index contributed by atoms with van der Waals surface area (Å²) < 4.78 is 0. The van der Waals surface area contributed by atoms with E-state index in [0.29, 0.717) is 12.8 Å². The summed E-state index contributed by atoms with van der Waals surface area (Å²) in [5, 5.41) is 18.8. The SMILES string of the molecule is CC(CC(C)(C)CCO)C(O)(N=C=O)N=C=O. The third-order valence-corrected chi connectivity index (χ3v) is 2.73. The molecule has 96 valence electrons. The third-order valence-electron chi connectivity index (χ3n) is 2.73. The number of nitrogens with zero attached hydrogens (tertiary/aromatic N) is 2. The molecular weight excluding hydrogens is 224 g/mol. The summed E-state index contributed by atoms with van der Waals surface area (Å²) in [7, 11) is 0. The van der Waals surface area contributed by atoms with Gasteiger partial charge in [0.2, 0.25) is 12.2 Å². The van der Waals surface area contributed by atoms with E-state index in [1.165, 1.54) is 12.2 Å². The van der Waals surface area contributed by atoms with Gasteiger partial charge < -0.3 is 10.2 Å². The summed E-state index contributed by atoms with van der Waals surface area (Å²) in [5.41, 5.74) is -0.265. The van der Waals surface area contributed by atoms with Crippen molar-refractivity contribution in [3.8, 4) is 0 Å². The number of rotatable bonds is 7. The van der Waals surface area contributed by atoms with Gasteiger partial charge in [-0.2, -0.15) is 0 Å². The molecule has 6 heteroatoms. The van der Waals surface area contributed by atoms with Crippen LogP contribution in [0.15, 0.2) is 9.98 Å². The Balaban J connectivity index is 4.93. The second kappa shape index (κ2) is 6.42. The van der Waals surface area contributed by atoms with Gasteiger partial charge in [0, 0.05) is 12.5 Å². The molecule has 1 atom stereocenters. The highest BCUT2D eigenvalue weighted by Crippen LogP contribution is 2.34. The highest BCUT2D eigenvalue weighted by Gasteiger charge is 2.37. The highest BCUT2D eigenvalue weighted by molar-refractivity contribution is 5.38. The van der Waals surface area contributed by atoms with Crippen LogP contribution in [0.25, 0.3) is 0 Å². The van der Waals surface area contributed by atoms with E-state index in [9.17, 15) is 14.7 Å². The zero-order valence-electron chi connectivity index (χ0n) is 10.3. The summed E-state index contributed by atoms with van der Waals surface area (Å²) >= 11 is 0. The average Bonchev–Trinajstić information content (AvgIpc) is 2.17. The van der Waals surface area contributed by atoms with E-state index in [-0.39, 0.29) is 12.0 Å². The van der Waals surface area contributed by atoms with Crippen molar-refractivity contribution in [2.24, 2.45) is 21.3 Å². The van der Waals surface area contributed by atoms with Crippen molar-refractivity contribution in [3.05, 3.63) is 0 Å². The van der Waals surface area contributed by atoms with Crippen LogP contribution in [-0.2, 0) is 9.59 Å². The Kier molecular flexibility index (Phi) is 5.93. The normalized spacial score (nSPS) is 16.3. The molecular formula is C11H18N2O4. The van der Waals surface area contributed by atoms with Gasteiger partial charge >= 0.3 is 0 Å². The summed E-state index contributed by atoms with van der Waals surface area (Å²) in [4.78, 5) is 26.7. The van der Waals surface area contributed by atoms with Crippen LogP contribution in [0.2, 0.25) is 0 Å². The fraction of sp³-hybridized carbons (Fsp3) is 0.818. The predicted molar refractivity (Wildman–Crippen MR) is 60.5 cm³/mol. The van der Waals surface area contributed by atoms with E-state index in [0.717, 1.165) is 0 Å². The van der Waals surface area contributed by atoms with Crippen molar-refractivity contribution in [1.82, 2.24) is 0 Å². The quantitative estimate of drug-likeness (QED) is 0.508. The Morgan fingerprint density at radius 3 is 2.06 bits per heavy atom. The molecule has 0 heterocycles. The molecule has 0 saturated carbocycles. The molecule has 2 N–H and O–H groups in total. The first-order chi connectivity index (χ1) is 7.81. The standard InChI is InChI=1S/C11H18N2O4/c1-9(6-10(2,3)4-5-14)11(17,12-7-15)13-8-16/h9,14,17H,4-6H2,1-3H3. The molecule has 0 aliphatic rings. The van der Waals surface area contributed by atoms with Gasteiger partial charge in [0.25, 0.3) is 5.85 Å². The van der Waals surface area contributed by atoms with E-state index in [2.05, 4.69) is 9.98 Å². The molecule has 0 aliphatic carbocycles. The Labute approximate surface area is 100 Å². The zero-order valence-corrected chi connectivity index (χ0v) is 10.3. The maximum Gasteiger partial charge on any atom is 0.278 e. The minimum Gasteiger partial charge on any atom is -0.396 e. The van der Waals surface area contributed by atoms with Gasteiger partial charge in [-0.1, -0.05) is 20.8 Å². The predicted octanol–water partition coefficient (Wildman–Crippen LogP) is 0.739. The molecule has 0 saturated heterocycles.